The third kappa shape index (κ3) is 6.55. The molecule has 0 aliphatic heterocycles. The number of hydrogen-bond donors (Lipinski definition) is 1. The van der Waals surface area contributed by atoms with E-state index >= 15 is 0 Å². The van der Waals surface area contributed by atoms with Gasteiger partial charge in [0.25, 0.3) is 5.91 Å². The summed E-state index contributed by atoms with van der Waals surface area (Å²) in [6.45, 7) is 2.41. The Balaban J connectivity index is 1.74. The molecule has 0 unspecified atom stereocenters. The number of halogens is 1. The van der Waals surface area contributed by atoms with Crippen LogP contribution in [0.25, 0.3) is 0 Å². The summed E-state index contributed by atoms with van der Waals surface area (Å²) in [6, 6.07) is 12.5. The minimum Gasteiger partial charge on any atom is -0.494 e. The zero-order valence-electron chi connectivity index (χ0n) is 14.7. The highest BCUT2D eigenvalue weighted by molar-refractivity contribution is 5.96. The molecule has 0 aromatic heterocycles. The van der Waals surface area contributed by atoms with Crippen molar-refractivity contribution in [3.05, 3.63) is 65.5 Å². The van der Waals surface area contributed by atoms with Gasteiger partial charge in [-0.25, -0.2) is 4.39 Å². The summed E-state index contributed by atoms with van der Waals surface area (Å²) in [4.78, 5) is 23.7. The van der Waals surface area contributed by atoms with Crippen LogP contribution in [-0.2, 0) is 16.1 Å². The molecule has 0 bridgehead atoms. The maximum Gasteiger partial charge on any atom is 0.325 e. The van der Waals surface area contributed by atoms with Gasteiger partial charge in [0.2, 0.25) is 0 Å². The number of unbranched alkanes of at least 4 members (excludes halogenated alkanes) is 1. The first kappa shape index (κ1) is 19.4. The Bertz CT molecular complexity index is 731. The van der Waals surface area contributed by atoms with E-state index in [0.29, 0.717) is 23.5 Å². The molecule has 0 spiro atoms. The van der Waals surface area contributed by atoms with Crippen molar-refractivity contribution in [3.8, 4) is 5.75 Å². The van der Waals surface area contributed by atoms with Crippen LogP contribution in [0.1, 0.15) is 35.7 Å². The fraction of sp³-hybridized carbons (Fsp3) is 0.300. The quantitative estimate of drug-likeness (QED) is 0.550. The maximum atomic E-state index is 13.0. The van der Waals surface area contributed by atoms with Crippen LogP contribution in [0.5, 0.6) is 5.75 Å². The molecule has 0 heterocycles. The summed E-state index contributed by atoms with van der Waals surface area (Å²) >= 11 is 0. The lowest BCUT2D eigenvalue weighted by Crippen LogP contribution is -2.30. The normalized spacial score (nSPS) is 10.2. The largest absolute Gasteiger partial charge is 0.494 e. The molecule has 138 valence electrons. The molecular weight excluding hydrogens is 337 g/mol. The van der Waals surface area contributed by atoms with Crippen molar-refractivity contribution in [1.29, 1.82) is 0 Å². The van der Waals surface area contributed by atoms with E-state index in [9.17, 15) is 14.0 Å². The fourth-order valence-electron chi connectivity index (χ4n) is 2.13. The number of ether oxygens (including phenoxy) is 2. The number of rotatable bonds is 9. The summed E-state index contributed by atoms with van der Waals surface area (Å²) < 4.78 is 23.6. The van der Waals surface area contributed by atoms with E-state index < -0.39 is 11.8 Å². The van der Waals surface area contributed by atoms with Gasteiger partial charge in [-0.2, -0.15) is 0 Å². The van der Waals surface area contributed by atoms with Crippen LogP contribution in [0.15, 0.2) is 48.5 Å². The lowest BCUT2D eigenvalue weighted by molar-refractivity contribution is -0.143. The molecule has 2 rings (SSSR count). The molecule has 0 radical (unpaired) electrons. The van der Waals surface area contributed by atoms with Gasteiger partial charge >= 0.3 is 5.97 Å². The Morgan fingerprint density at radius 1 is 1.12 bits per heavy atom. The van der Waals surface area contributed by atoms with E-state index in [1.165, 1.54) is 18.2 Å². The first-order chi connectivity index (χ1) is 12.6. The summed E-state index contributed by atoms with van der Waals surface area (Å²) in [5, 5.41) is 2.49. The van der Waals surface area contributed by atoms with Crippen LogP contribution in [-0.4, -0.2) is 25.0 Å². The summed E-state index contributed by atoms with van der Waals surface area (Å²) in [5.41, 5.74) is 0.967. The van der Waals surface area contributed by atoms with Gasteiger partial charge in [0.15, 0.2) is 0 Å². The third-order valence-electron chi connectivity index (χ3n) is 3.57. The number of hydrogen-bond acceptors (Lipinski definition) is 4. The van der Waals surface area contributed by atoms with Gasteiger partial charge in [0.1, 0.15) is 24.7 Å². The van der Waals surface area contributed by atoms with Crippen LogP contribution >= 0.6 is 0 Å². The number of esters is 1. The predicted molar refractivity (Wildman–Crippen MR) is 95.4 cm³/mol. The zero-order chi connectivity index (χ0) is 18.8. The summed E-state index contributed by atoms with van der Waals surface area (Å²) in [5.74, 6) is -0.673. The number of carbonyl (C=O) groups excluding carboxylic acids is 2. The monoisotopic (exact) mass is 359 g/mol. The smallest absolute Gasteiger partial charge is 0.325 e. The number of benzene rings is 2. The topological polar surface area (TPSA) is 64.6 Å². The molecule has 0 saturated carbocycles. The average Bonchev–Trinajstić information content (AvgIpc) is 2.65. The molecule has 0 aliphatic rings. The number of amides is 1. The van der Waals surface area contributed by atoms with E-state index in [1.807, 2.05) is 0 Å². The molecule has 2 aromatic rings. The molecule has 0 fully saturated rings. The van der Waals surface area contributed by atoms with Crippen molar-refractivity contribution in [2.24, 2.45) is 0 Å². The van der Waals surface area contributed by atoms with E-state index in [-0.39, 0.29) is 19.1 Å². The van der Waals surface area contributed by atoms with Gasteiger partial charge in [0.05, 0.1) is 6.61 Å². The van der Waals surface area contributed by atoms with Crippen LogP contribution in [0.2, 0.25) is 0 Å². The highest BCUT2D eigenvalue weighted by Gasteiger charge is 2.09. The van der Waals surface area contributed by atoms with Crippen LogP contribution in [0.4, 0.5) is 4.39 Å². The van der Waals surface area contributed by atoms with E-state index in [0.717, 1.165) is 12.8 Å². The van der Waals surface area contributed by atoms with E-state index in [1.54, 1.807) is 30.3 Å². The van der Waals surface area contributed by atoms with Gasteiger partial charge in [-0.05, 0) is 48.4 Å². The molecule has 1 amide bonds. The lowest BCUT2D eigenvalue weighted by Gasteiger charge is -2.08. The van der Waals surface area contributed by atoms with Gasteiger partial charge in [-0.1, -0.05) is 25.5 Å². The molecular formula is C20H22FNO4. The Labute approximate surface area is 152 Å². The zero-order valence-corrected chi connectivity index (χ0v) is 14.7. The molecule has 2 aromatic carbocycles. The Morgan fingerprint density at radius 3 is 2.58 bits per heavy atom. The van der Waals surface area contributed by atoms with Crippen molar-refractivity contribution in [1.82, 2.24) is 5.32 Å². The SMILES string of the molecule is CCCCOc1ccc(C(=O)NCC(=O)OCc2cccc(F)c2)cc1. The van der Waals surface area contributed by atoms with Gasteiger partial charge in [0, 0.05) is 5.56 Å². The molecule has 26 heavy (non-hydrogen) atoms. The molecule has 0 saturated heterocycles. The second kappa shape index (κ2) is 10.2. The van der Waals surface area contributed by atoms with Crippen molar-refractivity contribution in [2.75, 3.05) is 13.2 Å². The Kier molecular flexibility index (Phi) is 7.61. The Hall–Kier alpha value is -2.89. The lowest BCUT2D eigenvalue weighted by atomic mass is 10.2. The third-order valence-corrected chi connectivity index (χ3v) is 3.57. The van der Waals surface area contributed by atoms with Crippen LogP contribution in [0, 0.1) is 5.82 Å². The predicted octanol–water partition coefficient (Wildman–Crippen LogP) is 3.48. The van der Waals surface area contributed by atoms with Gasteiger partial charge in [-0.3, -0.25) is 9.59 Å². The first-order valence-corrected chi connectivity index (χ1v) is 8.49. The van der Waals surface area contributed by atoms with Crippen molar-refractivity contribution >= 4 is 11.9 Å². The van der Waals surface area contributed by atoms with Gasteiger partial charge in [-0.15, -0.1) is 0 Å². The average molecular weight is 359 g/mol. The minimum atomic E-state index is -0.595. The summed E-state index contributed by atoms with van der Waals surface area (Å²) in [6.07, 6.45) is 2.02. The molecule has 0 atom stereocenters. The second-order valence-electron chi connectivity index (χ2n) is 5.70. The van der Waals surface area contributed by atoms with E-state index in [2.05, 4.69) is 12.2 Å². The molecule has 5 nitrogen and oxygen atoms in total. The minimum absolute atomic E-state index is 0.0454. The number of carbonyl (C=O) groups is 2. The highest BCUT2D eigenvalue weighted by atomic mass is 19.1. The summed E-state index contributed by atoms with van der Waals surface area (Å²) in [7, 11) is 0. The molecule has 6 heteroatoms. The fourth-order valence-corrected chi connectivity index (χ4v) is 2.13. The number of nitrogens with one attached hydrogen (secondary N) is 1. The maximum absolute atomic E-state index is 13.0. The van der Waals surface area contributed by atoms with Crippen LogP contribution in [0.3, 0.4) is 0 Å². The second-order valence-corrected chi connectivity index (χ2v) is 5.70. The molecule has 0 aliphatic carbocycles. The van der Waals surface area contributed by atoms with Crippen molar-refractivity contribution in [3.63, 3.8) is 0 Å². The van der Waals surface area contributed by atoms with E-state index in [4.69, 9.17) is 9.47 Å². The Morgan fingerprint density at radius 2 is 1.88 bits per heavy atom. The van der Waals surface area contributed by atoms with Crippen LogP contribution < -0.4 is 10.1 Å². The first-order valence-electron chi connectivity index (χ1n) is 8.49. The van der Waals surface area contributed by atoms with Crippen molar-refractivity contribution in [2.45, 2.75) is 26.4 Å². The molecule has 1 N–H and O–H groups in total. The van der Waals surface area contributed by atoms with Gasteiger partial charge < -0.3 is 14.8 Å². The van der Waals surface area contributed by atoms with Crippen molar-refractivity contribution < 1.29 is 23.5 Å². The highest BCUT2D eigenvalue weighted by Crippen LogP contribution is 2.12. The standard InChI is InChI=1S/C20H22FNO4/c1-2-3-11-25-18-9-7-16(8-10-18)20(24)22-13-19(23)26-14-15-5-4-6-17(21)12-15/h4-10,12H,2-3,11,13-14H2,1H3,(H,22,24).